The van der Waals surface area contributed by atoms with Gasteiger partial charge in [-0.3, -0.25) is 39.0 Å². The van der Waals surface area contributed by atoms with Crippen LogP contribution in [0.25, 0.3) is 0 Å². The topological polar surface area (TPSA) is 367 Å². The lowest BCUT2D eigenvalue weighted by Gasteiger charge is -2.36. The summed E-state index contributed by atoms with van der Waals surface area (Å²) >= 11 is 13.5. The Hall–Kier alpha value is -7.37. The Morgan fingerprint density at radius 3 is 1.20 bits per heavy atom. The van der Waals surface area contributed by atoms with Crippen LogP contribution in [0.1, 0.15) is 173 Å². The fourth-order valence-corrected chi connectivity index (χ4v) is 16.8. The number of carbonyl (C=O) groups excluding carboxylic acids is 6. The van der Waals surface area contributed by atoms with Crippen LogP contribution in [0.15, 0.2) is 95.7 Å². The minimum absolute atomic E-state index is 0.0518. The van der Waals surface area contributed by atoms with Crippen molar-refractivity contribution in [2.75, 3.05) is 33.6 Å². The molecule has 4 aromatic rings. The molecule has 0 unspecified atom stereocenters. The van der Waals surface area contributed by atoms with Crippen molar-refractivity contribution in [1.82, 2.24) is 19.6 Å². The zero-order valence-electron chi connectivity index (χ0n) is 61.4. The van der Waals surface area contributed by atoms with Gasteiger partial charge >= 0.3 is 30.3 Å². The Kier molecular flexibility index (Phi) is 26.6. The molecule has 4 saturated carbocycles. The zero-order chi connectivity index (χ0) is 77.0. The summed E-state index contributed by atoms with van der Waals surface area (Å²) in [7, 11) is 0. The van der Waals surface area contributed by atoms with Gasteiger partial charge in [-0.15, -0.1) is 0 Å². The second kappa shape index (κ2) is 33.6. The number of fused-ring (bicyclic) bond motifs is 9. The second-order valence-corrected chi connectivity index (χ2v) is 35.5. The third kappa shape index (κ3) is 21.5. The predicted octanol–water partition coefficient (Wildman–Crippen LogP) is 15.9. The second-order valence-electron chi connectivity index (χ2n) is 31.9. The van der Waals surface area contributed by atoms with Gasteiger partial charge in [0.25, 0.3) is 5.97 Å². The molecule has 5 heterocycles. The van der Waals surface area contributed by atoms with Crippen molar-refractivity contribution in [1.29, 1.82) is 0 Å². The van der Waals surface area contributed by atoms with Gasteiger partial charge < -0.3 is 62.7 Å². The van der Waals surface area contributed by atoms with Gasteiger partial charge in [0.1, 0.15) is 40.5 Å². The van der Waals surface area contributed by atoms with E-state index in [1.807, 2.05) is 91.5 Å². The fraction of sp³-hybridized carbons (Fsp3) is 0.560. The molecule has 4 aromatic carbocycles. The van der Waals surface area contributed by atoms with E-state index in [4.69, 9.17) is 56.8 Å². The van der Waals surface area contributed by atoms with Gasteiger partial charge in [-0.1, -0.05) is 63.7 Å². The van der Waals surface area contributed by atoms with E-state index in [1.165, 1.54) is 16.9 Å². The number of carboxylic acid groups (broad SMARTS) is 2. The summed E-state index contributed by atoms with van der Waals surface area (Å²) in [5.41, 5.74) is 27.3. The standard InChI is InChI=1S/C19H23BrN2O2.2C18H24BrN3O3.C12H19NO4.C6H7BrN2.C2H4O2/c1-19(2,3)24-18(23)22-14-6-4-11(9-14)17(22)16-10-12-8-13(20)5-7-15(12)21-16;1-18(2,3)25-17(24)22-12-6-4-10(8-12)15(22)16(23)21-14-7-5-11(19)9-13(14)20;1-18(2,3)25-17(24)22-12-6-4-10(8-12)15(22)16(23)21-14-9-11(19)5-7-13(14)20;1-12(2,3)17-11(16)13-8-5-4-7(6-8)9(13)10(14)15;7-4-1-2-5(8)6(9)3-4;1-2(3)4/h5,7-8,11,14,17H,4,6,9-10H2,1-3H3;2*5,7,9-10,12,15H,4,6,8,20H2,1-3H3,(H,21,23);7-9H,4-6H2,1-3H3,(H,14,15);1-3H,8-9H2;1H3,(H,3,4)/t11-,14+,17-;2*10-,12+,15-;7-,8+,9-;;/m0000../s1. The molecule has 6 amide bonds. The highest BCUT2D eigenvalue weighted by molar-refractivity contribution is 9.11. The zero-order valence-corrected chi connectivity index (χ0v) is 67.7. The van der Waals surface area contributed by atoms with Crippen molar-refractivity contribution >= 4 is 157 Å². The maximum Gasteiger partial charge on any atom is 0.411 e. The number of nitrogens with two attached hydrogens (primary N) is 4. The lowest BCUT2D eigenvalue weighted by atomic mass is 9.92. The molecule has 0 aromatic heterocycles. The average Bonchev–Trinajstić information content (AvgIpc) is 1.63. The highest BCUT2D eigenvalue weighted by Gasteiger charge is 2.56. The maximum absolute atomic E-state index is 12.9. The summed E-state index contributed by atoms with van der Waals surface area (Å²) in [6.07, 6.45) is 10.8. The summed E-state index contributed by atoms with van der Waals surface area (Å²) in [6, 6.07) is 21.1. The molecule has 568 valence electrons. The molecule has 4 saturated heterocycles. The smallest absolute Gasteiger partial charge is 0.411 e. The number of aliphatic carboxylic acids is 2. The maximum atomic E-state index is 12.9. The number of benzene rings is 4. The van der Waals surface area contributed by atoms with Crippen molar-refractivity contribution in [3.05, 3.63) is 96.3 Å². The van der Waals surface area contributed by atoms with Crippen molar-refractivity contribution < 1.29 is 67.5 Å². The molecule has 25 nitrogen and oxygen atoms in total. The first-order chi connectivity index (χ1) is 48.3. The Morgan fingerprint density at radius 2 is 0.779 bits per heavy atom. The summed E-state index contributed by atoms with van der Waals surface area (Å²) in [5, 5.41) is 22.4. The van der Waals surface area contributed by atoms with Gasteiger partial charge in [0.05, 0.1) is 45.9 Å². The first kappa shape index (κ1) is 82.3. The van der Waals surface area contributed by atoms with Crippen molar-refractivity contribution in [3.63, 3.8) is 0 Å². The monoisotopic (exact) mass is 1700 g/mol. The van der Waals surface area contributed by atoms with Gasteiger partial charge in [0, 0.05) is 61.1 Å². The minimum Gasteiger partial charge on any atom is -0.481 e. The molecule has 0 spiro atoms. The summed E-state index contributed by atoms with van der Waals surface area (Å²) in [4.78, 5) is 108. The molecule has 104 heavy (non-hydrogen) atoms. The molecular formula is C75H101Br4N11O14. The van der Waals surface area contributed by atoms with E-state index in [9.17, 15) is 38.7 Å². The van der Waals surface area contributed by atoms with E-state index in [0.717, 1.165) is 113 Å². The average molecular weight is 1700 g/mol. The molecule has 13 rings (SSSR count). The van der Waals surface area contributed by atoms with Gasteiger partial charge in [-0.05, 0) is 262 Å². The molecule has 4 aliphatic carbocycles. The highest BCUT2D eigenvalue weighted by Crippen LogP contribution is 2.49. The van der Waals surface area contributed by atoms with Gasteiger partial charge in [0.2, 0.25) is 11.8 Å². The van der Waals surface area contributed by atoms with E-state index < -0.39 is 70.7 Å². The molecule has 29 heteroatoms. The Labute approximate surface area is 642 Å². The number of amides is 6. The van der Waals surface area contributed by atoms with E-state index in [2.05, 4.69) is 86.5 Å². The molecule has 5 aliphatic heterocycles. The quantitative estimate of drug-likeness (QED) is 0.0656. The van der Waals surface area contributed by atoms with Crippen LogP contribution in [0.5, 0.6) is 0 Å². The lowest BCUT2D eigenvalue weighted by Crippen LogP contribution is -2.52. The Bertz CT molecular complexity index is 3890. The van der Waals surface area contributed by atoms with Crippen LogP contribution in [0, 0.1) is 23.7 Å². The fourth-order valence-electron chi connectivity index (χ4n) is 15.3. The number of piperidine rings is 4. The van der Waals surface area contributed by atoms with E-state index in [-0.39, 0.29) is 59.8 Å². The third-order valence-electron chi connectivity index (χ3n) is 19.2. The van der Waals surface area contributed by atoms with Crippen molar-refractivity contribution in [3.8, 4) is 0 Å². The van der Waals surface area contributed by atoms with Crippen LogP contribution in [0.4, 0.5) is 59.0 Å². The number of hydrogen-bond acceptors (Lipinski definition) is 17. The number of rotatable bonds is 6. The van der Waals surface area contributed by atoms with Crippen LogP contribution in [-0.4, -0.2) is 154 Å². The first-order valence-electron chi connectivity index (χ1n) is 35.2. The van der Waals surface area contributed by atoms with Crippen LogP contribution >= 0.6 is 63.7 Å². The lowest BCUT2D eigenvalue weighted by molar-refractivity contribution is -0.144. The number of nitrogens with one attached hydrogen (secondary N) is 2. The number of ether oxygens (including phenoxy) is 4. The van der Waals surface area contributed by atoms with Crippen LogP contribution in [0.2, 0.25) is 0 Å². The normalized spacial score (nSPS) is 24.8. The highest BCUT2D eigenvalue weighted by atomic mass is 79.9. The molecule has 8 bridgehead atoms. The van der Waals surface area contributed by atoms with Crippen molar-refractivity contribution in [2.24, 2.45) is 28.7 Å². The minimum atomic E-state index is -0.914. The van der Waals surface area contributed by atoms with E-state index in [0.29, 0.717) is 46.1 Å². The largest absolute Gasteiger partial charge is 0.481 e. The Morgan fingerprint density at radius 1 is 0.433 bits per heavy atom. The number of anilines is 6. The van der Waals surface area contributed by atoms with E-state index >= 15 is 0 Å². The molecule has 8 fully saturated rings. The van der Waals surface area contributed by atoms with Crippen LogP contribution < -0.4 is 33.6 Å². The number of nitrogens with zero attached hydrogens (tertiary/aromatic N) is 5. The van der Waals surface area contributed by atoms with Crippen molar-refractivity contribution in [2.45, 2.75) is 244 Å². The van der Waals surface area contributed by atoms with Gasteiger partial charge in [-0.2, -0.15) is 0 Å². The summed E-state index contributed by atoms with van der Waals surface area (Å²) in [6.45, 7) is 23.2. The number of likely N-dealkylation sites (tertiary alicyclic amines) is 4. The molecule has 12 atom stereocenters. The molecule has 9 aliphatic rings. The van der Waals surface area contributed by atoms with E-state index in [1.54, 1.807) is 67.0 Å². The number of carboxylic acids is 2. The molecule has 12 N–H and O–H groups in total. The summed E-state index contributed by atoms with van der Waals surface area (Å²) in [5.74, 6) is -1.18. The van der Waals surface area contributed by atoms with Gasteiger partial charge in [0.15, 0.2) is 0 Å². The first-order valence-corrected chi connectivity index (χ1v) is 38.4. The number of halogens is 4. The summed E-state index contributed by atoms with van der Waals surface area (Å²) < 4.78 is 25.7. The van der Waals surface area contributed by atoms with Gasteiger partial charge in [-0.25, -0.2) is 24.0 Å². The Balaban J connectivity index is 0.000000167. The van der Waals surface area contributed by atoms with Crippen LogP contribution in [-0.2, 0) is 44.5 Å². The predicted molar refractivity (Wildman–Crippen MR) is 415 cm³/mol. The third-order valence-corrected chi connectivity index (χ3v) is 21.1. The number of aliphatic imine (C=N–C) groups is 1. The molecule has 0 radical (unpaired) electrons. The molecular weight excluding hydrogens is 1600 g/mol. The number of nitrogen functional groups attached to an aromatic ring is 4. The SMILES string of the molecule is CC(=O)O.CC(C)(C)OC(=O)N1[C@@H]2CC[C@@H](C2)[C@H]1C(=O)Nc1cc(Br)ccc1N.CC(C)(C)OC(=O)N1[C@@H]2CC[C@@H](C2)[C@H]1C(=O)Nc1ccc(Br)cc1N.CC(C)(C)OC(=O)N1[C@@H]2CC[C@@H](C2)[C@H]1C(=O)O.CC(C)(C)OC(=O)N1[C@@H]2CC[C@@H](C2)[C@H]1C1=Nc2ccc(Br)cc2C1.Nc1ccc(Br)cc1N. The van der Waals surface area contributed by atoms with Crippen LogP contribution in [0.3, 0.4) is 0 Å². The number of carbonyl (C=O) groups is 8. The number of hydrogen-bond donors (Lipinski definition) is 8.